The van der Waals surface area contributed by atoms with Gasteiger partial charge in [0, 0.05) is 25.9 Å². The van der Waals surface area contributed by atoms with Gasteiger partial charge in [-0.2, -0.15) is 0 Å². The van der Waals surface area contributed by atoms with E-state index in [1.807, 2.05) is 46.2 Å². The number of likely N-dealkylation sites (tertiary alicyclic amines) is 1. The van der Waals surface area contributed by atoms with Crippen LogP contribution in [0, 0.1) is 11.3 Å². The topological polar surface area (TPSA) is 77.9 Å². The van der Waals surface area contributed by atoms with Gasteiger partial charge in [-0.05, 0) is 79.5 Å². The molecule has 200 valence electrons. The molecule has 1 N–H and O–H groups in total. The van der Waals surface area contributed by atoms with Crippen molar-refractivity contribution in [3.63, 3.8) is 0 Å². The van der Waals surface area contributed by atoms with E-state index in [9.17, 15) is 19.5 Å². The highest BCUT2D eigenvalue weighted by Gasteiger charge is 2.40. The van der Waals surface area contributed by atoms with Crippen molar-refractivity contribution in [1.29, 1.82) is 0 Å². The third-order valence-corrected chi connectivity index (χ3v) is 8.96. The van der Waals surface area contributed by atoms with Crippen LogP contribution in [0.2, 0.25) is 0 Å². The molecule has 6 heteroatoms. The van der Waals surface area contributed by atoms with Gasteiger partial charge in [-0.3, -0.25) is 14.4 Å². The van der Waals surface area contributed by atoms with Crippen molar-refractivity contribution in [2.24, 2.45) is 11.3 Å². The first-order chi connectivity index (χ1) is 18.4. The second-order valence-corrected chi connectivity index (χ2v) is 11.3. The molecular formula is C32H38N2O4. The summed E-state index contributed by atoms with van der Waals surface area (Å²) in [6.45, 7) is 2.08. The van der Waals surface area contributed by atoms with Gasteiger partial charge in [0.05, 0.1) is 18.2 Å². The highest BCUT2D eigenvalue weighted by molar-refractivity contribution is 5.97. The molecule has 2 fully saturated rings. The maximum atomic E-state index is 13.4. The van der Waals surface area contributed by atoms with Crippen LogP contribution in [0.15, 0.2) is 48.5 Å². The van der Waals surface area contributed by atoms with E-state index in [1.165, 1.54) is 0 Å². The summed E-state index contributed by atoms with van der Waals surface area (Å²) in [5.74, 6) is -0.585. The van der Waals surface area contributed by atoms with Crippen molar-refractivity contribution in [2.75, 3.05) is 18.0 Å². The lowest BCUT2D eigenvalue weighted by Crippen LogP contribution is -2.44. The molecule has 2 aromatic rings. The van der Waals surface area contributed by atoms with Crippen molar-refractivity contribution in [3.8, 4) is 0 Å². The number of carbonyl (C=O) groups excluding carboxylic acids is 2. The number of benzene rings is 2. The summed E-state index contributed by atoms with van der Waals surface area (Å²) in [5.41, 5.74) is 4.44. The van der Waals surface area contributed by atoms with Gasteiger partial charge < -0.3 is 14.9 Å². The standard InChI is InChI=1S/C32H38N2O4/c35-29(33-21-19-32(20-22-33)17-15-26(16-18-32)31(37)38)11-5-6-12-30(36)34-23-27-9-2-1-7-24(27)13-14-25-8-3-4-10-28(25)34/h1-4,7-10,13-14,26H,5-6,11-12,15-23H2,(H,37,38)/b14-13-. The maximum absolute atomic E-state index is 13.4. The van der Waals surface area contributed by atoms with E-state index < -0.39 is 5.97 Å². The van der Waals surface area contributed by atoms with E-state index in [4.69, 9.17) is 0 Å². The van der Waals surface area contributed by atoms with Gasteiger partial charge in [0.25, 0.3) is 0 Å². The van der Waals surface area contributed by atoms with Gasteiger partial charge >= 0.3 is 5.97 Å². The van der Waals surface area contributed by atoms with Gasteiger partial charge in [-0.15, -0.1) is 0 Å². The third kappa shape index (κ3) is 5.85. The highest BCUT2D eigenvalue weighted by atomic mass is 16.4. The van der Waals surface area contributed by atoms with Crippen LogP contribution in [-0.4, -0.2) is 40.9 Å². The zero-order chi connectivity index (χ0) is 26.5. The normalized spacial score (nSPS) is 19.7. The molecule has 0 bridgehead atoms. The summed E-state index contributed by atoms with van der Waals surface area (Å²) >= 11 is 0. The number of amides is 2. The molecule has 1 saturated carbocycles. The molecule has 3 aliphatic rings. The molecule has 38 heavy (non-hydrogen) atoms. The van der Waals surface area contributed by atoms with Crippen molar-refractivity contribution in [1.82, 2.24) is 4.90 Å². The Kier molecular flexibility index (Phi) is 7.96. The quantitative estimate of drug-likeness (QED) is 0.469. The van der Waals surface area contributed by atoms with Crippen LogP contribution >= 0.6 is 0 Å². The van der Waals surface area contributed by atoms with Crippen molar-refractivity contribution >= 4 is 35.6 Å². The first-order valence-corrected chi connectivity index (χ1v) is 14.1. The molecule has 2 amide bonds. The Morgan fingerprint density at radius 1 is 0.789 bits per heavy atom. The van der Waals surface area contributed by atoms with Crippen LogP contribution in [0.4, 0.5) is 5.69 Å². The Morgan fingerprint density at radius 2 is 1.39 bits per heavy atom. The second kappa shape index (κ2) is 11.5. The zero-order valence-corrected chi connectivity index (χ0v) is 22.1. The number of anilines is 1. The number of unbranched alkanes of at least 4 members (excludes halogenated alkanes) is 1. The molecule has 0 aromatic heterocycles. The monoisotopic (exact) mass is 514 g/mol. The van der Waals surface area contributed by atoms with E-state index in [2.05, 4.69) is 24.3 Å². The highest BCUT2D eigenvalue weighted by Crippen LogP contribution is 2.46. The van der Waals surface area contributed by atoms with E-state index in [0.717, 1.165) is 74.0 Å². The summed E-state index contributed by atoms with van der Waals surface area (Å²) in [7, 11) is 0. The fraction of sp³-hybridized carbons (Fsp3) is 0.469. The fourth-order valence-electron chi connectivity index (χ4n) is 6.43. The number of hydrogen-bond donors (Lipinski definition) is 1. The smallest absolute Gasteiger partial charge is 0.306 e. The number of nitrogens with zero attached hydrogens (tertiary/aromatic N) is 2. The number of aliphatic carboxylic acids is 1. The lowest BCUT2D eigenvalue weighted by Gasteiger charge is -2.45. The molecule has 2 aromatic carbocycles. The minimum atomic E-state index is -0.664. The Morgan fingerprint density at radius 3 is 2.11 bits per heavy atom. The molecule has 2 heterocycles. The predicted octanol–water partition coefficient (Wildman–Crippen LogP) is 6.15. The first kappa shape index (κ1) is 26.2. The number of para-hydroxylation sites is 1. The van der Waals surface area contributed by atoms with Gasteiger partial charge in [0.2, 0.25) is 11.8 Å². The Balaban J connectivity index is 1.11. The van der Waals surface area contributed by atoms with Gasteiger partial charge in [0.1, 0.15) is 0 Å². The molecule has 0 unspecified atom stereocenters. The summed E-state index contributed by atoms with van der Waals surface area (Å²) < 4.78 is 0. The molecule has 0 radical (unpaired) electrons. The zero-order valence-electron chi connectivity index (χ0n) is 22.1. The van der Waals surface area contributed by atoms with Crippen LogP contribution in [0.1, 0.15) is 80.9 Å². The van der Waals surface area contributed by atoms with Gasteiger partial charge in [-0.1, -0.05) is 54.6 Å². The molecule has 6 nitrogen and oxygen atoms in total. The summed E-state index contributed by atoms with van der Waals surface area (Å²) in [5, 5.41) is 9.28. The van der Waals surface area contributed by atoms with Crippen LogP contribution in [0.25, 0.3) is 12.2 Å². The summed E-state index contributed by atoms with van der Waals surface area (Å²) in [6.07, 6.45) is 11.9. The number of carboxylic acid groups (broad SMARTS) is 1. The molecule has 1 saturated heterocycles. The predicted molar refractivity (Wildman–Crippen MR) is 149 cm³/mol. The lowest BCUT2D eigenvalue weighted by molar-refractivity contribution is -0.144. The largest absolute Gasteiger partial charge is 0.481 e. The third-order valence-electron chi connectivity index (χ3n) is 8.96. The summed E-state index contributed by atoms with van der Waals surface area (Å²) in [4.78, 5) is 41.4. The number of fused-ring (bicyclic) bond motifs is 2. The number of piperidine rings is 1. The maximum Gasteiger partial charge on any atom is 0.306 e. The molecule has 0 atom stereocenters. The Labute approximate surface area is 225 Å². The number of rotatable bonds is 6. The Bertz CT molecular complexity index is 1200. The average molecular weight is 515 g/mol. The fourth-order valence-corrected chi connectivity index (χ4v) is 6.43. The first-order valence-electron chi connectivity index (χ1n) is 14.1. The minimum absolute atomic E-state index is 0.0897. The van der Waals surface area contributed by atoms with Crippen LogP contribution < -0.4 is 4.90 Å². The SMILES string of the molecule is O=C(O)C1CCC2(CC1)CCN(C(=O)CCCCC(=O)N1Cc3ccccc3/C=C\c3ccccc31)CC2. The van der Waals surface area contributed by atoms with Crippen molar-refractivity contribution in [2.45, 2.75) is 70.8 Å². The van der Waals surface area contributed by atoms with Crippen LogP contribution in [-0.2, 0) is 20.9 Å². The van der Waals surface area contributed by atoms with Gasteiger partial charge in [0.15, 0.2) is 0 Å². The van der Waals surface area contributed by atoms with Crippen LogP contribution in [0.3, 0.4) is 0 Å². The average Bonchev–Trinajstić information content (AvgIpc) is 2.93. The number of hydrogen-bond acceptors (Lipinski definition) is 3. The molecule has 1 spiro atoms. The van der Waals surface area contributed by atoms with Crippen molar-refractivity contribution in [3.05, 3.63) is 65.2 Å². The molecular weight excluding hydrogens is 476 g/mol. The minimum Gasteiger partial charge on any atom is -0.481 e. The van der Waals surface area contributed by atoms with E-state index in [1.54, 1.807) is 0 Å². The molecule has 2 aliphatic heterocycles. The molecule has 1 aliphatic carbocycles. The van der Waals surface area contributed by atoms with Crippen molar-refractivity contribution < 1.29 is 19.5 Å². The second-order valence-electron chi connectivity index (χ2n) is 11.3. The van der Waals surface area contributed by atoms with E-state index >= 15 is 0 Å². The Hall–Kier alpha value is -3.41. The van der Waals surface area contributed by atoms with Gasteiger partial charge in [-0.25, -0.2) is 0 Å². The summed E-state index contributed by atoms with van der Waals surface area (Å²) in [6, 6.07) is 16.2. The molecule has 5 rings (SSSR count). The number of carbonyl (C=O) groups is 3. The van der Waals surface area contributed by atoms with E-state index in [0.29, 0.717) is 32.2 Å². The number of carboxylic acids is 1. The van der Waals surface area contributed by atoms with Crippen LogP contribution in [0.5, 0.6) is 0 Å². The van der Waals surface area contributed by atoms with E-state index in [-0.39, 0.29) is 23.1 Å². The lowest BCUT2D eigenvalue weighted by atomic mass is 9.65.